The summed E-state index contributed by atoms with van der Waals surface area (Å²) < 4.78 is 0. The Balaban J connectivity index is 2.44. The van der Waals surface area contributed by atoms with E-state index in [4.69, 9.17) is 0 Å². The summed E-state index contributed by atoms with van der Waals surface area (Å²) in [5, 5.41) is 10.8. The highest BCUT2D eigenvalue weighted by atomic mass is 16.6. The van der Waals surface area contributed by atoms with Crippen LogP contribution in [0.4, 0.5) is 5.69 Å². The maximum absolute atomic E-state index is 10.8. The molecule has 0 saturated heterocycles. The molecule has 0 N–H and O–H groups in total. The van der Waals surface area contributed by atoms with Crippen molar-refractivity contribution in [1.29, 1.82) is 0 Å². The first-order chi connectivity index (χ1) is 7.59. The second kappa shape index (κ2) is 4.22. The van der Waals surface area contributed by atoms with E-state index in [2.05, 4.69) is 4.90 Å². The molecule has 0 spiro atoms. The summed E-state index contributed by atoms with van der Waals surface area (Å²) in [6.07, 6.45) is 3.28. The van der Waals surface area contributed by atoms with Crippen molar-refractivity contribution in [2.24, 2.45) is 0 Å². The van der Waals surface area contributed by atoms with Crippen molar-refractivity contribution in [2.75, 3.05) is 14.1 Å². The van der Waals surface area contributed by atoms with Crippen LogP contribution in [0, 0.1) is 10.1 Å². The smallest absolute Gasteiger partial charge is 0.269 e. The second-order valence-corrected chi connectivity index (χ2v) is 4.51. The Morgan fingerprint density at radius 1 is 1.44 bits per heavy atom. The molecule has 1 unspecified atom stereocenters. The van der Waals surface area contributed by atoms with Gasteiger partial charge in [0.25, 0.3) is 5.69 Å². The molecular weight excluding hydrogens is 204 g/mol. The molecule has 1 atom stereocenters. The molecule has 0 amide bonds. The number of benzene rings is 1. The summed E-state index contributed by atoms with van der Waals surface area (Å²) in [4.78, 5) is 12.6. The van der Waals surface area contributed by atoms with E-state index >= 15 is 0 Å². The molecule has 0 bridgehead atoms. The summed E-state index contributed by atoms with van der Waals surface area (Å²) in [7, 11) is 4.05. The first-order valence-electron chi connectivity index (χ1n) is 5.53. The maximum Gasteiger partial charge on any atom is 0.269 e. The molecule has 2 rings (SSSR count). The van der Waals surface area contributed by atoms with E-state index < -0.39 is 0 Å². The zero-order valence-electron chi connectivity index (χ0n) is 9.64. The minimum Gasteiger partial charge on any atom is -0.302 e. The average molecular weight is 220 g/mol. The predicted octanol–water partition coefficient (Wildman–Crippen LogP) is 2.53. The van der Waals surface area contributed by atoms with E-state index in [1.807, 2.05) is 20.2 Å². The van der Waals surface area contributed by atoms with Crippen LogP contribution in [-0.4, -0.2) is 23.9 Å². The lowest BCUT2D eigenvalue weighted by Gasteiger charge is -2.30. The van der Waals surface area contributed by atoms with Gasteiger partial charge in [0.15, 0.2) is 0 Å². The molecule has 0 fully saturated rings. The Kier molecular flexibility index (Phi) is 2.92. The highest BCUT2D eigenvalue weighted by Crippen LogP contribution is 2.34. The minimum atomic E-state index is -0.318. The second-order valence-electron chi connectivity index (χ2n) is 4.51. The third-order valence-corrected chi connectivity index (χ3v) is 3.25. The fourth-order valence-electron chi connectivity index (χ4n) is 2.41. The van der Waals surface area contributed by atoms with Crippen LogP contribution in [-0.2, 0) is 6.42 Å². The lowest BCUT2D eigenvalue weighted by atomic mass is 9.87. The summed E-state index contributed by atoms with van der Waals surface area (Å²) in [6, 6.07) is 5.57. The Hall–Kier alpha value is -1.42. The lowest BCUT2D eigenvalue weighted by Crippen LogP contribution is -2.24. The van der Waals surface area contributed by atoms with Crippen LogP contribution in [0.15, 0.2) is 18.2 Å². The van der Waals surface area contributed by atoms with E-state index in [0.717, 1.165) is 24.8 Å². The van der Waals surface area contributed by atoms with E-state index in [-0.39, 0.29) is 10.6 Å². The highest BCUT2D eigenvalue weighted by Gasteiger charge is 2.23. The van der Waals surface area contributed by atoms with Gasteiger partial charge in [-0.1, -0.05) is 6.07 Å². The van der Waals surface area contributed by atoms with Gasteiger partial charge in [0.2, 0.25) is 0 Å². The van der Waals surface area contributed by atoms with E-state index in [9.17, 15) is 10.1 Å². The van der Waals surface area contributed by atoms with Crippen molar-refractivity contribution in [2.45, 2.75) is 25.3 Å². The number of fused-ring (bicyclic) bond motifs is 1. The van der Waals surface area contributed by atoms with Crippen LogP contribution in [0.1, 0.15) is 30.0 Å². The topological polar surface area (TPSA) is 46.4 Å². The van der Waals surface area contributed by atoms with Crippen LogP contribution in [0.25, 0.3) is 0 Å². The molecule has 0 aromatic heterocycles. The lowest BCUT2D eigenvalue weighted by molar-refractivity contribution is -0.385. The summed E-state index contributed by atoms with van der Waals surface area (Å²) in [6.45, 7) is 0. The van der Waals surface area contributed by atoms with Crippen LogP contribution in [0.5, 0.6) is 0 Å². The van der Waals surface area contributed by atoms with Crippen molar-refractivity contribution in [3.05, 3.63) is 39.4 Å². The van der Waals surface area contributed by atoms with Crippen LogP contribution < -0.4 is 0 Å². The van der Waals surface area contributed by atoms with Crippen molar-refractivity contribution >= 4 is 5.69 Å². The standard InChI is InChI=1S/C12H16N2O2/c1-13(2)12-5-3-4-9-6-7-10(14(15)16)8-11(9)12/h6-8,12H,3-5H2,1-2H3. The quantitative estimate of drug-likeness (QED) is 0.568. The minimum absolute atomic E-state index is 0.201. The van der Waals surface area contributed by atoms with Gasteiger partial charge in [0.05, 0.1) is 4.92 Å². The Morgan fingerprint density at radius 3 is 2.81 bits per heavy atom. The molecule has 4 nitrogen and oxygen atoms in total. The van der Waals surface area contributed by atoms with Gasteiger partial charge in [-0.2, -0.15) is 0 Å². The normalized spacial score (nSPS) is 19.6. The first-order valence-corrected chi connectivity index (χ1v) is 5.53. The summed E-state index contributed by atoms with van der Waals surface area (Å²) in [5.41, 5.74) is 2.59. The van der Waals surface area contributed by atoms with Crippen molar-refractivity contribution in [3.63, 3.8) is 0 Å². The van der Waals surface area contributed by atoms with E-state index in [0.29, 0.717) is 6.04 Å². The van der Waals surface area contributed by atoms with Crippen molar-refractivity contribution < 1.29 is 4.92 Å². The third-order valence-electron chi connectivity index (χ3n) is 3.25. The maximum atomic E-state index is 10.8. The number of nitro benzene ring substituents is 1. The molecular formula is C12H16N2O2. The summed E-state index contributed by atoms with van der Waals surface area (Å²) >= 11 is 0. The molecule has 0 heterocycles. The fraction of sp³-hybridized carbons (Fsp3) is 0.500. The molecule has 1 aromatic rings. The highest BCUT2D eigenvalue weighted by molar-refractivity contribution is 5.42. The van der Waals surface area contributed by atoms with Gasteiger partial charge in [0.1, 0.15) is 0 Å². The molecule has 1 aliphatic rings. The van der Waals surface area contributed by atoms with Gasteiger partial charge in [-0.25, -0.2) is 0 Å². The van der Waals surface area contributed by atoms with Gasteiger partial charge in [-0.15, -0.1) is 0 Å². The first kappa shape index (κ1) is 11.1. The largest absolute Gasteiger partial charge is 0.302 e. The fourth-order valence-corrected chi connectivity index (χ4v) is 2.41. The molecule has 1 aliphatic carbocycles. The average Bonchev–Trinajstić information content (AvgIpc) is 2.27. The molecule has 0 aliphatic heterocycles. The number of hydrogen-bond donors (Lipinski definition) is 0. The van der Waals surface area contributed by atoms with Gasteiger partial charge in [-0.3, -0.25) is 10.1 Å². The number of nitrogens with zero attached hydrogens (tertiary/aromatic N) is 2. The molecule has 86 valence electrons. The molecule has 16 heavy (non-hydrogen) atoms. The Morgan fingerprint density at radius 2 is 2.19 bits per heavy atom. The molecule has 4 heteroatoms. The zero-order chi connectivity index (χ0) is 11.7. The predicted molar refractivity (Wildman–Crippen MR) is 62.5 cm³/mol. The molecule has 0 saturated carbocycles. The van der Waals surface area contributed by atoms with Crippen LogP contribution in [0.3, 0.4) is 0 Å². The van der Waals surface area contributed by atoms with Gasteiger partial charge >= 0.3 is 0 Å². The third kappa shape index (κ3) is 1.93. The number of nitro groups is 1. The SMILES string of the molecule is CN(C)C1CCCc2ccc([N+](=O)[O-])cc21. The number of rotatable bonds is 2. The van der Waals surface area contributed by atoms with Gasteiger partial charge < -0.3 is 4.90 Å². The van der Waals surface area contributed by atoms with Crippen molar-refractivity contribution in [1.82, 2.24) is 4.90 Å². The van der Waals surface area contributed by atoms with Gasteiger partial charge in [0, 0.05) is 18.2 Å². The zero-order valence-corrected chi connectivity index (χ0v) is 9.64. The van der Waals surface area contributed by atoms with E-state index in [1.54, 1.807) is 12.1 Å². The Labute approximate surface area is 95.0 Å². The molecule has 0 radical (unpaired) electrons. The number of non-ortho nitro benzene ring substituents is 1. The Bertz CT molecular complexity index is 415. The van der Waals surface area contributed by atoms with Crippen molar-refractivity contribution in [3.8, 4) is 0 Å². The number of aryl methyl sites for hydroxylation is 1. The number of hydrogen-bond acceptors (Lipinski definition) is 3. The van der Waals surface area contributed by atoms with E-state index in [1.165, 1.54) is 5.56 Å². The van der Waals surface area contributed by atoms with Crippen LogP contribution in [0.2, 0.25) is 0 Å². The summed E-state index contributed by atoms with van der Waals surface area (Å²) in [5.74, 6) is 0. The monoisotopic (exact) mass is 220 g/mol. The van der Waals surface area contributed by atoms with Crippen LogP contribution >= 0.6 is 0 Å². The molecule has 1 aromatic carbocycles. The van der Waals surface area contributed by atoms with Gasteiger partial charge in [-0.05, 0) is 44.5 Å².